The standard InChI is InChI=1S/C20H21NO4S/c1-20(2,3)26-12-21-15-9-10-16-17(25-19(23)18(22)24-16)14(15)11-13-7-5-4-6-8-13/h4-10,21H,11-12H2,1-3H3. The Morgan fingerprint density at radius 2 is 1.65 bits per heavy atom. The Labute approximate surface area is 155 Å². The zero-order valence-corrected chi connectivity index (χ0v) is 15.8. The lowest BCUT2D eigenvalue weighted by Crippen LogP contribution is -2.21. The molecule has 136 valence electrons. The molecular weight excluding hydrogens is 350 g/mol. The molecule has 0 saturated heterocycles. The highest BCUT2D eigenvalue weighted by Gasteiger charge is 2.16. The van der Waals surface area contributed by atoms with Gasteiger partial charge in [-0.25, -0.2) is 9.59 Å². The first kappa shape index (κ1) is 18.3. The Morgan fingerprint density at radius 3 is 2.35 bits per heavy atom. The van der Waals surface area contributed by atoms with Gasteiger partial charge < -0.3 is 14.2 Å². The minimum atomic E-state index is -0.993. The fourth-order valence-electron chi connectivity index (χ4n) is 2.55. The molecule has 0 spiro atoms. The van der Waals surface area contributed by atoms with Gasteiger partial charge in [-0.2, -0.15) is 0 Å². The van der Waals surface area contributed by atoms with Crippen molar-refractivity contribution in [3.63, 3.8) is 0 Å². The minimum absolute atomic E-state index is 0.128. The third kappa shape index (κ3) is 4.38. The number of anilines is 1. The van der Waals surface area contributed by atoms with Gasteiger partial charge in [-0.1, -0.05) is 51.1 Å². The molecule has 0 amide bonds. The van der Waals surface area contributed by atoms with Crippen LogP contribution in [-0.4, -0.2) is 10.6 Å². The predicted octanol–water partition coefficient (Wildman–Crippen LogP) is 4.24. The van der Waals surface area contributed by atoms with Crippen molar-refractivity contribution in [1.29, 1.82) is 0 Å². The Kier molecular flexibility index (Phi) is 5.23. The van der Waals surface area contributed by atoms with Crippen LogP contribution in [-0.2, 0) is 6.42 Å². The number of nitrogens with one attached hydrogen (secondary N) is 1. The van der Waals surface area contributed by atoms with Crippen LogP contribution in [0.5, 0.6) is 0 Å². The summed E-state index contributed by atoms with van der Waals surface area (Å²) in [5, 5.41) is 3.40. The third-order valence-electron chi connectivity index (χ3n) is 3.78. The van der Waals surface area contributed by atoms with E-state index in [-0.39, 0.29) is 10.3 Å². The zero-order chi connectivity index (χ0) is 18.7. The number of fused-ring (bicyclic) bond motifs is 1. The first-order chi connectivity index (χ1) is 12.3. The monoisotopic (exact) mass is 371 g/mol. The van der Waals surface area contributed by atoms with E-state index in [9.17, 15) is 9.59 Å². The highest BCUT2D eigenvalue weighted by Crippen LogP contribution is 2.29. The average molecular weight is 371 g/mol. The molecule has 0 bridgehead atoms. The number of thioether (sulfide) groups is 1. The number of benzene rings is 2. The molecule has 0 aliphatic heterocycles. The lowest BCUT2D eigenvalue weighted by atomic mass is 10.0. The van der Waals surface area contributed by atoms with Crippen LogP contribution in [0.15, 0.2) is 60.9 Å². The topological polar surface area (TPSA) is 72.5 Å². The molecule has 6 heteroatoms. The number of rotatable bonds is 5. The van der Waals surface area contributed by atoms with Crippen molar-refractivity contribution in [1.82, 2.24) is 0 Å². The van der Waals surface area contributed by atoms with Gasteiger partial charge in [-0.05, 0) is 17.7 Å². The Hall–Kier alpha value is -2.47. The SMILES string of the molecule is CC(C)(C)SCNc1ccc2oc(=O)c(=O)oc2c1Cc1ccccc1. The molecule has 0 saturated carbocycles. The van der Waals surface area contributed by atoms with E-state index in [0.717, 1.165) is 16.8 Å². The molecule has 3 aromatic rings. The normalized spacial score (nSPS) is 11.7. The molecular formula is C20H21NO4S. The maximum atomic E-state index is 11.7. The molecule has 26 heavy (non-hydrogen) atoms. The molecule has 0 aliphatic carbocycles. The summed E-state index contributed by atoms with van der Waals surface area (Å²) in [7, 11) is 0. The van der Waals surface area contributed by atoms with Gasteiger partial charge in [0, 0.05) is 22.4 Å². The summed E-state index contributed by atoms with van der Waals surface area (Å²) < 4.78 is 10.5. The highest BCUT2D eigenvalue weighted by molar-refractivity contribution is 8.00. The van der Waals surface area contributed by atoms with E-state index in [1.54, 1.807) is 17.8 Å². The van der Waals surface area contributed by atoms with Crippen LogP contribution in [0.1, 0.15) is 31.9 Å². The number of hydrogen-bond acceptors (Lipinski definition) is 6. The van der Waals surface area contributed by atoms with E-state index < -0.39 is 11.3 Å². The third-order valence-corrected chi connectivity index (χ3v) is 4.93. The van der Waals surface area contributed by atoms with Gasteiger partial charge >= 0.3 is 11.3 Å². The molecule has 1 N–H and O–H groups in total. The zero-order valence-electron chi connectivity index (χ0n) is 15.0. The maximum Gasteiger partial charge on any atom is 0.423 e. The van der Waals surface area contributed by atoms with Gasteiger partial charge in [-0.3, -0.25) is 0 Å². The molecule has 5 nitrogen and oxygen atoms in total. The second kappa shape index (κ2) is 7.41. The fourth-order valence-corrected chi connectivity index (χ4v) is 3.21. The second-order valence-electron chi connectivity index (χ2n) is 6.94. The summed E-state index contributed by atoms with van der Waals surface area (Å²) >= 11 is 1.78. The lowest BCUT2D eigenvalue weighted by Gasteiger charge is -2.19. The lowest BCUT2D eigenvalue weighted by molar-refractivity contribution is 0.447. The summed E-state index contributed by atoms with van der Waals surface area (Å²) in [5.74, 6) is 0.706. The minimum Gasteiger partial charge on any atom is -0.414 e. The van der Waals surface area contributed by atoms with Gasteiger partial charge in [0.05, 0.1) is 5.88 Å². The van der Waals surface area contributed by atoms with E-state index in [4.69, 9.17) is 8.83 Å². The van der Waals surface area contributed by atoms with Gasteiger partial charge in [0.1, 0.15) is 0 Å². The Morgan fingerprint density at radius 1 is 0.962 bits per heavy atom. The molecule has 0 aliphatic rings. The van der Waals surface area contributed by atoms with Crippen molar-refractivity contribution in [2.45, 2.75) is 31.9 Å². The van der Waals surface area contributed by atoms with E-state index in [1.807, 2.05) is 36.4 Å². The summed E-state index contributed by atoms with van der Waals surface area (Å²) in [6.07, 6.45) is 0.553. The Bertz CT molecular complexity index is 1020. The van der Waals surface area contributed by atoms with Gasteiger partial charge in [-0.15, -0.1) is 11.8 Å². The molecule has 0 fully saturated rings. The van der Waals surface area contributed by atoms with Crippen molar-refractivity contribution >= 4 is 28.6 Å². The quantitative estimate of drug-likeness (QED) is 0.534. The molecule has 1 heterocycles. The van der Waals surface area contributed by atoms with Crippen LogP contribution in [0.3, 0.4) is 0 Å². The molecule has 1 aromatic heterocycles. The van der Waals surface area contributed by atoms with Crippen LogP contribution in [0.25, 0.3) is 11.2 Å². The summed E-state index contributed by atoms with van der Waals surface area (Å²) in [6.45, 7) is 6.45. The molecule has 0 unspecified atom stereocenters. The largest absolute Gasteiger partial charge is 0.423 e. The highest BCUT2D eigenvalue weighted by atomic mass is 32.2. The van der Waals surface area contributed by atoms with Crippen molar-refractivity contribution in [3.8, 4) is 0 Å². The average Bonchev–Trinajstić information content (AvgIpc) is 2.58. The van der Waals surface area contributed by atoms with Gasteiger partial charge in [0.15, 0.2) is 11.2 Å². The summed E-state index contributed by atoms with van der Waals surface area (Å²) in [6, 6.07) is 13.4. The van der Waals surface area contributed by atoms with Crippen LogP contribution in [0.2, 0.25) is 0 Å². The van der Waals surface area contributed by atoms with E-state index >= 15 is 0 Å². The number of hydrogen-bond donors (Lipinski definition) is 1. The van der Waals surface area contributed by atoms with E-state index in [1.165, 1.54) is 0 Å². The van der Waals surface area contributed by atoms with Gasteiger partial charge in [0.2, 0.25) is 0 Å². The molecule has 3 rings (SSSR count). The van der Waals surface area contributed by atoms with E-state index in [2.05, 4.69) is 26.1 Å². The first-order valence-corrected chi connectivity index (χ1v) is 9.34. The molecule has 0 radical (unpaired) electrons. The van der Waals surface area contributed by atoms with Crippen molar-refractivity contribution in [3.05, 3.63) is 74.4 Å². The summed E-state index contributed by atoms with van der Waals surface area (Å²) in [5.41, 5.74) is 1.32. The second-order valence-corrected chi connectivity index (χ2v) is 8.74. The molecule has 0 atom stereocenters. The van der Waals surface area contributed by atoms with E-state index in [0.29, 0.717) is 17.9 Å². The predicted molar refractivity (Wildman–Crippen MR) is 106 cm³/mol. The van der Waals surface area contributed by atoms with Crippen LogP contribution < -0.4 is 16.6 Å². The fraction of sp³-hybridized carbons (Fsp3) is 0.300. The molecule has 2 aromatic carbocycles. The van der Waals surface area contributed by atoms with Gasteiger partial charge in [0.25, 0.3) is 0 Å². The van der Waals surface area contributed by atoms with Crippen LogP contribution in [0, 0.1) is 0 Å². The van der Waals surface area contributed by atoms with Crippen molar-refractivity contribution in [2.75, 3.05) is 11.2 Å². The van der Waals surface area contributed by atoms with Crippen molar-refractivity contribution < 1.29 is 8.83 Å². The first-order valence-electron chi connectivity index (χ1n) is 8.35. The Balaban J connectivity index is 2.05. The van der Waals surface area contributed by atoms with Crippen molar-refractivity contribution in [2.24, 2.45) is 0 Å². The summed E-state index contributed by atoms with van der Waals surface area (Å²) in [4.78, 5) is 23.2. The van der Waals surface area contributed by atoms with Crippen LogP contribution in [0.4, 0.5) is 5.69 Å². The smallest absolute Gasteiger partial charge is 0.414 e. The maximum absolute atomic E-state index is 11.7. The van der Waals surface area contributed by atoms with Crippen LogP contribution >= 0.6 is 11.8 Å².